The highest BCUT2D eigenvalue weighted by Gasteiger charge is 2.39. The Balaban J connectivity index is 1.44. The second kappa shape index (κ2) is 11.0. The van der Waals surface area contributed by atoms with E-state index in [0.717, 1.165) is 43.4 Å². The predicted molar refractivity (Wildman–Crippen MR) is 159 cm³/mol. The minimum absolute atomic E-state index is 0.0317. The highest BCUT2D eigenvalue weighted by atomic mass is 35.5. The zero-order valence-electron chi connectivity index (χ0n) is 24.2. The number of urea groups is 1. The fraction of sp³-hybridized carbons (Fsp3) is 0.500. The number of carbonyl (C=O) groups excluding carboxylic acids is 1. The number of nitrogens with one attached hydrogen (secondary N) is 1. The minimum Gasteiger partial charge on any atom is -0.476 e. The highest BCUT2D eigenvalue weighted by molar-refractivity contribution is 6.29. The van der Waals surface area contributed by atoms with E-state index >= 15 is 0 Å². The van der Waals surface area contributed by atoms with Crippen molar-refractivity contribution in [2.75, 3.05) is 25.0 Å². The van der Waals surface area contributed by atoms with Crippen LogP contribution in [0.4, 0.5) is 10.5 Å². The summed E-state index contributed by atoms with van der Waals surface area (Å²) in [5, 5.41) is 13.5. The van der Waals surface area contributed by atoms with Crippen molar-refractivity contribution in [2.45, 2.75) is 70.9 Å². The van der Waals surface area contributed by atoms with Crippen LogP contribution in [0.2, 0.25) is 5.15 Å². The zero-order valence-corrected chi connectivity index (χ0v) is 25.0. The fourth-order valence-electron chi connectivity index (χ4n) is 6.25. The minimum atomic E-state index is -1.19. The Labute approximate surface area is 244 Å². The summed E-state index contributed by atoms with van der Waals surface area (Å²) in [5.41, 5.74) is 2.18. The molecule has 0 radical (unpaired) electrons. The van der Waals surface area contributed by atoms with Gasteiger partial charge in [0.05, 0.1) is 22.6 Å². The Hall–Kier alpha value is -3.66. The third-order valence-corrected chi connectivity index (χ3v) is 8.76. The lowest BCUT2D eigenvalue weighted by Gasteiger charge is -2.39. The number of benzene rings is 1. The number of halogens is 1. The number of fused-ring (bicyclic) bond motifs is 1. The predicted octanol–water partition coefficient (Wildman–Crippen LogP) is 5.34. The van der Waals surface area contributed by atoms with Crippen molar-refractivity contribution in [2.24, 2.45) is 7.05 Å². The van der Waals surface area contributed by atoms with Gasteiger partial charge in [0.2, 0.25) is 0 Å². The van der Waals surface area contributed by atoms with E-state index in [2.05, 4.69) is 24.1 Å². The molecule has 2 N–H and O–H groups in total. The standard InChI is InChI=1S/C30H37ClN6O4/c1-17-15-20(18(2)32-22-7-8-23(31)33-25(22)28(39)40)24-21(16-17)27(38)35(5)26(34-24)19-9-13-36(14-10-19)29(41)37-12-6-11-30(37,3)4/h7-8,15-16,18-19,32H,6,9-14H2,1-5H3,(H,39,40)/t18-/m1/s1. The first-order valence-corrected chi connectivity index (χ1v) is 14.5. The molecule has 2 aromatic heterocycles. The SMILES string of the molecule is Cc1cc([C@@H](C)Nc2ccc(Cl)nc2C(=O)O)c2nc(C3CCN(C(=O)N4CCCC4(C)C)CC3)n(C)c(=O)c2c1. The molecule has 2 amide bonds. The van der Waals surface area contributed by atoms with Crippen molar-refractivity contribution < 1.29 is 14.7 Å². The number of amides is 2. The third kappa shape index (κ3) is 5.49. The Morgan fingerprint density at radius 3 is 2.49 bits per heavy atom. The smallest absolute Gasteiger partial charge is 0.356 e. The molecule has 41 heavy (non-hydrogen) atoms. The first kappa shape index (κ1) is 28.9. The molecule has 1 aromatic carbocycles. The Morgan fingerprint density at radius 2 is 1.85 bits per heavy atom. The average molecular weight is 581 g/mol. The molecule has 0 unspecified atom stereocenters. The van der Waals surface area contributed by atoms with Crippen molar-refractivity contribution in [1.82, 2.24) is 24.3 Å². The molecular formula is C30H37ClN6O4. The second-order valence-electron chi connectivity index (χ2n) is 11.9. The van der Waals surface area contributed by atoms with Gasteiger partial charge in [0.15, 0.2) is 5.69 Å². The molecule has 1 atom stereocenters. The molecule has 3 aromatic rings. The van der Waals surface area contributed by atoms with Gasteiger partial charge in [-0.15, -0.1) is 0 Å². The van der Waals surface area contributed by atoms with Crippen LogP contribution in [0.15, 0.2) is 29.1 Å². The van der Waals surface area contributed by atoms with Gasteiger partial charge in [0, 0.05) is 43.7 Å². The van der Waals surface area contributed by atoms with Gasteiger partial charge in [-0.3, -0.25) is 9.36 Å². The number of aryl methyl sites for hydroxylation is 1. The van der Waals surface area contributed by atoms with Gasteiger partial charge in [0.1, 0.15) is 11.0 Å². The summed E-state index contributed by atoms with van der Waals surface area (Å²) in [6.45, 7) is 10.1. The maximum Gasteiger partial charge on any atom is 0.356 e. The van der Waals surface area contributed by atoms with Gasteiger partial charge in [-0.25, -0.2) is 19.6 Å². The van der Waals surface area contributed by atoms with Crippen LogP contribution < -0.4 is 10.9 Å². The number of anilines is 1. The summed E-state index contributed by atoms with van der Waals surface area (Å²) in [4.78, 5) is 51.6. The Bertz CT molecular complexity index is 1580. The van der Waals surface area contributed by atoms with Crippen LogP contribution in [-0.2, 0) is 7.05 Å². The van der Waals surface area contributed by atoms with Gasteiger partial charge in [-0.05, 0) is 77.1 Å². The number of piperidine rings is 1. The Kier molecular flexibility index (Phi) is 7.72. The fourth-order valence-corrected chi connectivity index (χ4v) is 6.40. The first-order chi connectivity index (χ1) is 19.4. The van der Waals surface area contributed by atoms with Gasteiger partial charge in [-0.2, -0.15) is 0 Å². The van der Waals surface area contributed by atoms with E-state index in [0.29, 0.717) is 35.5 Å². The van der Waals surface area contributed by atoms with E-state index in [-0.39, 0.29) is 39.9 Å². The van der Waals surface area contributed by atoms with Crippen molar-refractivity contribution in [3.8, 4) is 0 Å². The highest BCUT2D eigenvalue weighted by Crippen LogP contribution is 2.34. The number of aromatic nitrogens is 3. The van der Waals surface area contributed by atoms with Crippen LogP contribution in [0.5, 0.6) is 0 Å². The van der Waals surface area contributed by atoms with E-state index in [4.69, 9.17) is 16.6 Å². The van der Waals surface area contributed by atoms with Gasteiger partial charge in [-0.1, -0.05) is 17.7 Å². The first-order valence-electron chi connectivity index (χ1n) is 14.1. The number of hydrogen-bond donors (Lipinski definition) is 2. The molecule has 0 bridgehead atoms. The van der Waals surface area contributed by atoms with E-state index in [9.17, 15) is 19.5 Å². The lowest BCUT2D eigenvalue weighted by atomic mass is 9.94. The Morgan fingerprint density at radius 1 is 1.15 bits per heavy atom. The van der Waals surface area contributed by atoms with Crippen molar-refractivity contribution >= 4 is 40.2 Å². The zero-order chi connectivity index (χ0) is 29.6. The molecular weight excluding hydrogens is 544 g/mol. The number of carboxylic acids is 1. The molecule has 0 saturated carbocycles. The summed E-state index contributed by atoms with van der Waals surface area (Å²) in [5.74, 6) is -0.458. The van der Waals surface area contributed by atoms with Crippen molar-refractivity contribution in [3.63, 3.8) is 0 Å². The number of hydrogen-bond acceptors (Lipinski definition) is 6. The van der Waals surface area contributed by atoms with Crippen LogP contribution in [0.3, 0.4) is 0 Å². The molecule has 2 aliphatic heterocycles. The summed E-state index contributed by atoms with van der Waals surface area (Å²) >= 11 is 5.94. The maximum absolute atomic E-state index is 13.6. The second-order valence-corrected chi connectivity index (χ2v) is 12.3. The van der Waals surface area contributed by atoms with E-state index in [1.54, 1.807) is 17.7 Å². The number of nitrogens with zero attached hydrogens (tertiary/aromatic N) is 5. The lowest BCUT2D eigenvalue weighted by molar-refractivity contribution is 0.0691. The van der Waals surface area contributed by atoms with E-state index in [1.807, 2.05) is 35.8 Å². The lowest BCUT2D eigenvalue weighted by Crippen LogP contribution is -2.51. The van der Waals surface area contributed by atoms with Crippen LogP contribution >= 0.6 is 11.6 Å². The molecule has 4 heterocycles. The number of aromatic carboxylic acids is 1. The molecule has 2 saturated heterocycles. The summed E-state index contributed by atoms with van der Waals surface area (Å²) in [6, 6.07) is 6.65. The summed E-state index contributed by atoms with van der Waals surface area (Å²) in [6.07, 6.45) is 3.48. The normalized spacial score (nSPS) is 18.1. The van der Waals surface area contributed by atoms with Crippen LogP contribution in [-0.4, -0.2) is 66.6 Å². The molecule has 0 aliphatic carbocycles. The molecule has 218 valence electrons. The number of rotatable bonds is 5. The van der Waals surface area contributed by atoms with Crippen LogP contribution in [0.1, 0.15) is 85.9 Å². The van der Waals surface area contributed by atoms with Crippen molar-refractivity contribution in [1.29, 1.82) is 0 Å². The molecule has 2 fully saturated rings. The largest absolute Gasteiger partial charge is 0.476 e. The van der Waals surface area contributed by atoms with Crippen molar-refractivity contribution in [3.05, 3.63) is 62.4 Å². The monoisotopic (exact) mass is 580 g/mol. The average Bonchev–Trinajstić information content (AvgIpc) is 3.29. The van der Waals surface area contributed by atoms with Crippen LogP contribution in [0, 0.1) is 6.92 Å². The number of pyridine rings is 1. The van der Waals surface area contributed by atoms with Crippen LogP contribution in [0.25, 0.3) is 10.9 Å². The number of carbonyl (C=O) groups is 2. The maximum atomic E-state index is 13.6. The topological polar surface area (TPSA) is 121 Å². The number of carboxylic acid groups (broad SMARTS) is 1. The molecule has 10 nitrogen and oxygen atoms in total. The molecule has 11 heteroatoms. The molecule has 5 rings (SSSR count). The molecule has 2 aliphatic rings. The van der Waals surface area contributed by atoms with Gasteiger partial charge < -0.3 is 20.2 Å². The molecule has 0 spiro atoms. The van der Waals surface area contributed by atoms with Gasteiger partial charge in [0.25, 0.3) is 5.56 Å². The summed E-state index contributed by atoms with van der Waals surface area (Å²) in [7, 11) is 1.76. The third-order valence-electron chi connectivity index (χ3n) is 8.55. The van der Waals surface area contributed by atoms with E-state index < -0.39 is 5.97 Å². The quantitative estimate of drug-likeness (QED) is 0.391. The van der Waals surface area contributed by atoms with E-state index in [1.165, 1.54) is 6.07 Å². The number of likely N-dealkylation sites (tertiary alicyclic amines) is 2. The van der Waals surface area contributed by atoms with Gasteiger partial charge >= 0.3 is 12.0 Å². The summed E-state index contributed by atoms with van der Waals surface area (Å²) < 4.78 is 1.64.